The summed E-state index contributed by atoms with van der Waals surface area (Å²) in [7, 11) is 1.90. The first kappa shape index (κ1) is 13.9. The summed E-state index contributed by atoms with van der Waals surface area (Å²) < 4.78 is 7.87. The molecule has 0 unspecified atom stereocenters. The van der Waals surface area contributed by atoms with Crippen molar-refractivity contribution in [2.75, 3.05) is 7.05 Å². The minimum absolute atomic E-state index is 0.431. The Bertz CT molecular complexity index is 721. The lowest BCUT2D eigenvalue weighted by Crippen LogP contribution is -2.07. The van der Waals surface area contributed by atoms with Crippen molar-refractivity contribution in [1.29, 1.82) is 0 Å². The van der Waals surface area contributed by atoms with E-state index in [9.17, 15) is 0 Å². The molecule has 1 aromatic carbocycles. The molecule has 0 radical (unpaired) electrons. The molecule has 0 bridgehead atoms. The van der Waals surface area contributed by atoms with Crippen molar-refractivity contribution >= 4 is 17.2 Å². The topological polar surface area (TPSA) is 38.6 Å². The Morgan fingerprint density at radius 1 is 1.29 bits per heavy atom. The summed E-state index contributed by atoms with van der Waals surface area (Å²) in [4.78, 5) is 4.52. The fraction of sp³-hybridized carbons (Fsp3) is 0.188. The Balaban J connectivity index is 1.77. The summed E-state index contributed by atoms with van der Waals surface area (Å²) in [5, 5.41) is 3.82. The molecule has 0 saturated carbocycles. The summed E-state index contributed by atoms with van der Waals surface area (Å²) in [6.45, 7) is 1.14. The normalized spacial score (nSPS) is 11.0. The number of aromatic nitrogens is 2. The third-order valence-corrected chi connectivity index (χ3v) is 3.41. The first-order valence-electron chi connectivity index (χ1n) is 6.75. The fourth-order valence-corrected chi connectivity index (χ4v) is 2.42. The molecule has 0 aliphatic carbocycles. The van der Waals surface area contributed by atoms with Crippen LogP contribution in [0.5, 0.6) is 5.75 Å². The number of nitrogens with zero attached hydrogens (tertiary/aromatic N) is 2. The molecule has 21 heavy (non-hydrogen) atoms. The summed E-state index contributed by atoms with van der Waals surface area (Å²) in [6.07, 6.45) is 3.95. The molecule has 0 saturated heterocycles. The summed E-state index contributed by atoms with van der Waals surface area (Å²) >= 11 is 6.02. The molecule has 2 aromatic heterocycles. The Hall–Kier alpha value is -2.04. The molecule has 0 fully saturated rings. The summed E-state index contributed by atoms with van der Waals surface area (Å²) in [5.41, 5.74) is 2.85. The Kier molecular flexibility index (Phi) is 4.08. The molecular formula is C16H16ClN3O. The Morgan fingerprint density at radius 3 is 3.00 bits per heavy atom. The van der Waals surface area contributed by atoms with Crippen molar-refractivity contribution in [2.24, 2.45) is 0 Å². The van der Waals surface area contributed by atoms with E-state index in [2.05, 4.69) is 10.3 Å². The zero-order chi connectivity index (χ0) is 14.7. The molecule has 0 spiro atoms. The first-order chi connectivity index (χ1) is 10.3. The molecule has 2 heterocycles. The number of benzene rings is 1. The highest BCUT2D eigenvalue weighted by Crippen LogP contribution is 2.23. The van der Waals surface area contributed by atoms with Crippen LogP contribution in [0, 0.1) is 0 Å². The molecule has 3 aromatic rings. The van der Waals surface area contributed by atoms with E-state index in [-0.39, 0.29) is 0 Å². The van der Waals surface area contributed by atoms with Crippen LogP contribution in [-0.2, 0) is 13.2 Å². The maximum Gasteiger partial charge on any atom is 0.137 e. The van der Waals surface area contributed by atoms with Crippen molar-refractivity contribution in [1.82, 2.24) is 14.7 Å². The average Bonchev–Trinajstić information content (AvgIpc) is 2.89. The number of hydrogen-bond acceptors (Lipinski definition) is 3. The van der Waals surface area contributed by atoms with Gasteiger partial charge in [0.15, 0.2) is 0 Å². The number of nitrogens with one attached hydrogen (secondary N) is 1. The minimum Gasteiger partial charge on any atom is -0.487 e. The van der Waals surface area contributed by atoms with E-state index in [0.29, 0.717) is 18.2 Å². The van der Waals surface area contributed by atoms with Gasteiger partial charge in [0.25, 0.3) is 0 Å². The van der Waals surface area contributed by atoms with Gasteiger partial charge in [-0.05, 0) is 37.4 Å². The highest BCUT2D eigenvalue weighted by Gasteiger charge is 2.06. The van der Waals surface area contributed by atoms with E-state index in [1.54, 1.807) is 0 Å². The average molecular weight is 302 g/mol. The molecule has 108 valence electrons. The lowest BCUT2D eigenvalue weighted by molar-refractivity contribution is 0.298. The van der Waals surface area contributed by atoms with Gasteiger partial charge in [-0.1, -0.05) is 17.7 Å². The summed E-state index contributed by atoms with van der Waals surface area (Å²) in [6, 6.07) is 11.6. The monoisotopic (exact) mass is 301 g/mol. The van der Waals surface area contributed by atoms with Gasteiger partial charge >= 0.3 is 0 Å². The van der Waals surface area contributed by atoms with Crippen LogP contribution in [0.4, 0.5) is 0 Å². The molecule has 4 nitrogen and oxygen atoms in total. The third kappa shape index (κ3) is 3.17. The standard InChI is InChI=1S/C16H16ClN3O/c1-18-9-12-8-13(17)5-6-15(12)21-11-14-10-20-7-3-2-4-16(20)19-14/h2-8,10,18H,9,11H2,1H3. The largest absolute Gasteiger partial charge is 0.487 e. The highest BCUT2D eigenvalue weighted by atomic mass is 35.5. The van der Waals surface area contributed by atoms with Crippen LogP contribution in [0.1, 0.15) is 11.3 Å². The number of imidazole rings is 1. The molecule has 3 rings (SSSR count). The van der Waals surface area contributed by atoms with E-state index in [1.165, 1.54) is 0 Å². The maximum atomic E-state index is 6.02. The van der Waals surface area contributed by atoms with Gasteiger partial charge in [-0.3, -0.25) is 0 Å². The van der Waals surface area contributed by atoms with E-state index in [4.69, 9.17) is 16.3 Å². The van der Waals surface area contributed by atoms with Gasteiger partial charge < -0.3 is 14.5 Å². The smallest absolute Gasteiger partial charge is 0.137 e. The van der Waals surface area contributed by atoms with Gasteiger partial charge in [0, 0.05) is 29.5 Å². The van der Waals surface area contributed by atoms with E-state index < -0.39 is 0 Å². The van der Waals surface area contributed by atoms with Crippen LogP contribution in [0.2, 0.25) is 5.02 Å². The number of rotatable bonds is 5. The third-order valence-electron chi connectivity index (χ3n) is 3.18. The van der Waals surface area contributed by atoms with Crippen LogP contribution >= 0.6 is 11.6 Å². The molecule has 0 aliphatic heterocycles. The number of ether oxygens (including phenoxy) is 1. The molecule has 5 heteroatoms. The second kappa shape index (κ2) is 6.16. The van der Waals surface area contributed by atoms with Gasteiger partial charge in [-0.2, -0.15) is 0 Å². The Morgan fingerprint density at radius 2 is 2.19 bits per heavy atom. The maximum absolute atomic E-state index is 6.02. The lowest BCUT2D eigenvalue weighted by atomic mass is 10.2. The second-order valence-corrected chi connectivity index (χ2v) is 5.21. The van der Waals surface area contributed by atoms with E-state index in [1.807, 2.05) is 60.2 Å². The second-order valence-electron chi connectivity index (χ2n) is 4.77. The van der Waals surface area contributed by atoms with Crippen molar-refractivity contribution in [3.8, 4) is 5.75 Å². The SMILES string of the molecule is CNCc1cc(Cl)ccc1OCc1cn2ccccc2n1. The predicted molar refractivity (Wildman–Crippen MR) is 83.7 cm³/mol. The number of halogens is 1. The lowest BCUT2D eigenvalue weighted by Gasteiger charge is -2.10. The Labute approximate surface area is 128 Å². The van der Waals surface area contributed by atoms with Crippen LogP contribution in [-0.4, -0.2) is 16.4 Å². The molecule has 0 atom stereocenters. The minimum atomic E-state index is 0.431. The molecular weight excluding hydrogens is 286 g/mol. The predicted octanol–water partition coefficient (Wildman–Crippen LogP) is 3.29. The zero-order valence-electron chi connectivity index (χ0n) is 11.7. The van der Waals surface area contributed by atoms with Gasteiger partial charge in [-0.25, -0.2) is 4.98 Å². The van der Waals surface area contributed by atoms with Gasteiger partial charge in [-0.15, -0.1) is 0 Å². The van der Waals surface area contributed by atoms with E-state index in [0.717, 1.165) is 22.7 Å². The quantitative estimate of drug-likeness (QED) is 0.786. The zero-order valence-corrected chi connectivity index (χ0v) is 12.5. The van der Waals surface area contributed by atoms with Crippen molar-refractivity contribution in [2.45, 2.75) is 13.2 Å². The van der Waals surface area contributed by atoms with Gasteiger partial charge in [0.1, 0.15) is 18.0 Å². The number of hydrogen-bond donors (Lipinski definition) is 1. The van der Waals surface area contributed by atoms with Crippen molar-refractivity contribution < 1.29 is 4.74 Å². The van der Waals surface area contributed by atoms with Gasteiger partial charge in [0.05, 0.1) is 5.69 Å². The van der Waals surface area contributed by atoms with Crippen LogP contribution in [0.25, 0.3) is 5.65 Å². The fourth-order valence-electron chi connectivity index (χ4n) is 2.23. The molecule has 0 amide bonds. The molecule has 0 aliphatic rings. The van der Waals surface area contributed by atoms with Gasteiger partial charge in [0.2, 0.25) is 0 Å². The van der Waals surface area contributed by atoms with Crippen LogP contribution in [0.3, 0.4) is 0 Å². The summed E-state index contributed by atoms with van der Waals surface area (Å²) in [5.74, 6) is 0.825. The van der Waals surface area contributed by atoms with Crippen LogP contribution in [0.15, 0.2) is 48.8 Å². The number of fused-ring (bicyclic) bond motifs is 1. The molecule has 1 N–H and O–H groups in total. The first-order valence-corrected chi connectivity index (χ1v) is 7.12. The van der Waals surface area contributed by atoms with Crippen molar-refractivity contribution in [3.63, 3.8) is 0 Å². The van der Waals surface area contributed by atoms with Crippen molar-refractivity contribution in [3.05, 3.63) is 65.1 Å². The number of pyridine rings is 1. The van der Waals surface area contributed by atoms with Crippen LogP contribution < -0.4 is 10.1 Å². The highest BCUT2D eigenvalue weighted by molar-refractivity contribution is 6.30. The van der Waals surface area contributed by atoms with E-state index >= 15 is 0 Å².